The summed E-state index contributed by atoms with van der Waals surface area (Å²) in [6, 6.07) is -2.03. The third-order valence-electron chi connectivity index (χ3n) is 3.30. The molecule has 1 aliphatic carbocycles. The Morgan fingerprint density at radius 2 is 1.79 bits per heavy atom. The summed E-state index contributed by atoms with van der Waals surface area (Å²) in [4.78, 5) is 32.6. The Bertz CT molecular complexity index is 339. The first-order valence-corrected chi connectivity index (χ1v) is 6.48. The number of urea groups is 1. The topological polar surface area (TPSA) is 116 Å². The molecule has 4 N–H and O–H groups in total. The molecule has 1 fully saturated rings. The summed E-state index contributed by atoms with van der Waals surface area (Å²) in [6.45, 7) is 0.482. The molecule has 0 heterocycles. The Hall–Kier alpha value is -1.79. The number of aliphatic carboxylic acids is 2. The Morgan fingerprint density at radius 3 is 2.32 bits per heavy atom. The summed E-state index contributed by atoms with van der Waals surface area (Å²) in [6.07, 6.45) is 5.07. The number of carbonyl (C=O) groups excluding carboxylic acids is 1. The molecule has 1 aliphatic rings. The van der Waals surface area contributed by atoms with E-state index in [1.54, 1.807) is 0 Å². The summed E-state index contributed by atoms with van der Waals surface area (Å²) in [5, 5.41) is 22.0. The lowest BCUT2D eigenvalue weighted by Gasteiger charge is -2.14. The van der Waals surface area contributed by atoms with Crippen molar-refractivity contribution in [1.82, 2.24) is 10.6 Å². The molecule has 1 atom stereocenters. The zero-order valence-electron chi connectivity index (χ0n) is 10.7. The van der Waals surface area contributed by atoms with Crippen LogP contribution in [0.3, 0.4) is 0 Å². The zero-order chi connectivity index (χ0) is 14.3. The minimum atomic E-state index is -1.40. The number of hydrogen-bond donors (Lipinski definition) is 4. The van der Waals surface area contributed by atoms with E-state index in [4.69, 9.17) is 10.2 Å². The molecule has 0 spiro atoms. The van der Waals surface area contributed by atoms with E-state index in [2.05, 4.69) is 10.6 Å². The lowest BCUT2D eigenvalue weighted by Crippen LogP contribution is -2.47. The molecule has 19 heavy (non-hydrogen) atoms. The van der Waals surface area contributed by atoms with Crippen molar-refractivity contribution >= 4 is 18.0 Å². The molecule has 1 saturated carbocycles. The highest BCUT2D eigenvalue weighted by Crippen LogP contribution is 2.26. The van der Waals surface area contributed by atoms with Crippen LogP contribution in [0.5, 0.6) is 0 Å². The van der Waals surface area contributed by atoms with E-state index >= 15 is 0 Å². The summed E-state index contributed by atoms with van der Waals surface area (Å²) in [7, 11) is 0. The van der Waals surface area contributed by atoms with Crippen molar-refractivity contribution in [2.24, 2.45) is 5.92 Å². The second-order valence-corrected chi connectivity index (χ2v) is 4.83. The second kappa shape index (κ2) is 7.60. The zero-order valence-corrected chi connectivity index (χ0v) is 10.7. The number of nitrogens with one attached hydrogen (secondary N) is 2. The van der Waals surface area contributed by atoms with Gasteiger partial charge >= 0.3 is 18.0 Å². The third-order valence-corrected chi connectivity index (χ3v) is 3.30. The fourth-order valence-electron chi connectivity index (χ4n) is 2.27. The van der Waals surface area contributed by atoms with Crippen molar-refractivity contribution in [2.45, 2.75) is 44.6 Å². The average molecular weight is 272 g/mol. The number of carbonyl (C=O) groups is 3. The lowest BCUT2D eigenvalue weighted by molar-refractivity contribution is -0.145. The van der Waals surface area contributed by atoms with Crippen LogP contribution in [0.1, 0.15) is 38.5 Å². The van der Waals surface area contributed by atoms with Gasteiger partial charge in [-0.3, -0.25) is 4.79 Å². The van der Waals surface area contributed by atoms with Gasteiger partial charge in [-0.1, -0.05) is 25.7 Å². The molecule has 0 bridgehead atoms. The van der Waals surface area contributed by atoms with E-state index in [1.807, 2.05) is 0 Å². The standard InChI is InChI=1S/C12H20N2O5/c15-10(16)7-9(11(17)18)14-12(19)13-6-5-8-3-1-2-4-8/h8-9H,1-7H2,(H,15,16)(H,17,18)(H2,13,14,19)/t9-/m0/s1. The van der Waals surface area contributed by atoms with Crippen molar-refractivity contribution in [3.63, 3.8) is 0 Å². The molecule has 1 rings (SSSR count). The maximum Gasteiger partial charge on any atom is 0.326 e. The smallest absolute Gasteiger partial charge is 0.326 e. The van der Waals surface area contributed by atoms with E-state index in [0.717, 1.165) is 6.42 Å². The first-order chi connectivity index (χ1) is 8.99. The van der Waals surface area contributed by atoms with Crippen LogP contribution >= 0.6 is 0 Å². The SMILES string of the molecule is O=C(O)C[C@H](NC(=O)NCCC1CCCC1)C(=O)O. The highest BCUT2D eigenvalue weighted by Gasteiger charge is 2.23. The minimum Gasteiger partial charge on any atom is -0.481 e. The van der Waals surface area contributed by atoms with Gasteiger partial charge in [-0.15, -0.1) is 0 Å². The molecular weight excluding hydrogens is 252 g/mol. The van der Waals surface area contributed by atoms with Crippen LogP contribution in [0.2, 0.25) is 0 Å². The summed E-state index contributed by atoms with van der Waals surface area (Å²) >= 11 is 0. The number of rotatable bonds is 7. The van der Waals surface area contributed by atoms with Gasteiger partial charge in [0.25, 0.3) is 0 Å². The van der Waals surface area contributed by atoms with Crippen LogP contribution in [-0.4, -0.2) is 40.8 Å². The molecule has 2 amide bonds. The normalized spacial score (nSPS) is 16.8. The Balaban J connectivity index is 2.23. The fourth-order valence-corrected chi connectivity index (χ4v) is 2.27. The fraction of sp³-hybridized carbons (Fsp3) is 0.750. The van der Waals surface area contributed by atoms with Crippen molar-refractivity contribution in [1.29, 1.82) is 0 Å². The number of hydrogen-bond acceptors (Lipinski definition) is 3. The van der Waals surface area contributed by atoms with Crippen LogP contribution < -0.4 is 10.6 Å². The van der Waals surface area contributed by atoms with Crippen molar-refractivity contribution in [3.8, 4) is 0 Å². The van der Waals surface area contributed by atoms with Gasteiger partial charge in [0.15, 0.2) is 0 Å². The van der Waals surface area contributed by atoms with Crippen molar-refractivity contribution in [2.75, 3.05) is 6.54 Å². The van der Waals surface area contributed by atoms with Crippen LogP contribution in [0.15, 0.2) is 0 Å². The molecule has 7 nitrogen and oxygen atoms in total. The molecule has 0 radical (unpaired) electrons. The summed E-state index contributed by atoms with van der Waals surface area (Å²) in [5.41, 5.74) is 0. The first kappa shape index (κ1) is 15.3. The molecule has 108 valence electrons. The molecule has 7 heteroatoms. The molecule has 0 saturated heterocycles. The predicted octanol–water partition coefficient (Wildman–Crippen LogP) is 0.794. The summed E-state index contributed by atoms with van der Waals surface area (Å²) in [5.74, 6) is -1.98. The van der Waals surface area contributed by atoms with Crippen LogP contribution in [-0.2, 0) is 9.59 Å². The highest BCUT2D eigenvalue weighted by molar-refractivity contribution is 5.86. The van der Waals surface area contributed by atoms with Gasteiger partial charge in [-0.25, -0.2) is 9.59 Å². The molecule has 0 aromatic rings. The largest absolute Gasteiger partial charge is 0.481 e. The van der Waals surface area contributed by atoms with Gasteiger partial charge < -0.3 is 20.8 Å². The Kier molecular flexibility index (Phi) is 6.11. The van der Waals surface area contributed by atoms with E-state index in [0.29, 0.717) is 12.5 Å². The van der Waals surface area contributed by atoms with Gasteiger partial charge in [0.2, 0.25) is 0 Å². The van der Waals surface area contributed by atoms with Crippen LogP contribution in [0.4, 0.5) is 4.79 Å². The first-order valence-electron chi connectivity index (χ1n) is 6.48. The third kappa shape index (κ3) is 6.08. The Labute approximate surface area is 111 Å². The van der Waals surface area contributed by atoms with E-state index < -0.39 is 30.4 Å². The lowest BCUT2D eigenvalue weighted by atomic mass is 10.0. The van der Waals surface area contributed by atoms with E-state index in [1.165, 1.54) is 25.7 Å². The van der Waals surface area contributed by atoms with Gasteiger partial charge in [-0.05, 0) is 12.3 Å². The number of amides is 2. The van der Waals surface area contributed by atoms with Crippen molar-refractivity contribution in [3.05, 3.63) is 0 Å². The predicted molar refractivity (Wildman–Crippen MR) is 66.8 cm³/mol. The molecule has 0 aromatic carbocycles. The molecular formula is C12H20N2O5. The molecule has 0 unspecified atom stereocenters. The molecule has 0 aliphatic heterocycles. The maximum absolute atomic E-state index is 11.4. The number of carboxylic acids is 2. The Morgan fingerprint density at radius 1 is 1.16 bits per heavy atom. The average Bonchev–Trinajstić information content (AvgIpc) is 2.80. The summed E-state index contributed by atoms with van der Waals surface area (Å²) < 4.78 is 0. The van der Waals surface area contributed by atoms with Gasteiger partial charge in [-0.2, -0.15) is 0 Å². The van der Waals surface area contributed by atoms with E-state index in [9.17, 15) is 14.4 Å². The second-order valence-electron chi connectivity index (χ2n) is 4.83. The van der Waals surface area contributed by atoms with Gasteiger partial charge in [0.05, 0.1) is 6.42 Å². The highest BCUT2D eigenvalue weighted by atomic mass is 16.4. The van der Waals surface area contributed by atoms with Gasteiger partial charge in [0, 0.05) is 6.54 Å². The maximum atomic E-state index is 11.4. The van der Waals surface area contributed by atoms with Crippen molar-refractivity contribution < 1.29 is 24.6 Å². The monoisotopic (exact) mass is 272 g/mol. The van der Waals surface area contributed by atoms with Gasteiger partial charge in [0.1, 0.15) is 6.04 Å². The quantitative estimate of drug-likeness (QED) is 0.547. The van der Waals surface area contributed by atoms with E-state index in [-0.39, 0.29) is 0 Å². The molecule has 0 aromatic heterocycles. The van der Waals surface area contributed by atoms with Crippen LogP contribution in [0.25, 0.3) is 0 Å². The minimum absolute atomic E-state index is 0.482. The number of carboxylic acid groups (broad SMARTS) is 2. The van der Waals surface area contributed by atoms with Crippen LogP contribution in [0, 0.1) is 5.92 Å².